The van der Waals surface area contributed by atoms with Gasteiger partial charge in [0.25, 0.3) is 0 Å². The van der Waals surface area contributed by atoms with Gasteiger partial charge in [0.15, 0.2) is 5.00 Å². The molecule has 0 saturated heterocycles. The molecule has 0 saturated carbocycles. The molecule has 0 aromatic carbocycles. The van der Waals surface area contributed by atoms with Crippen LogP contribution in [-0.2, 0) is 0 Å². The van der Waals surface area contributed by atoms with Gasteiger partial charge in [0.05, 0.1) is 0 Å². The van der Waals surface area contributed by atoms with Crippen molar-refractivity contribution >= 4 is 17.3 Å². The summed E-state index contributed by atoms with van der Waals surface area (Å²) in [7, 11) is 0. The Morgan fingerprint density at radius 1 is 1.73 bits per heavy atom. The van der Waals surface area contributed by atoms with Gasteiger partial charge in [-0.15, -0.1) is 0 Å². The summed E-state index contributed by atoms with van der Waals surface area (Å²) in [6.45, 7) is 3.96. The summed E-state index contributed by atoms with van der Waals surface area (Å²) < 4.78 is 35.3. The van der Waals surface area contributed by atoms with Gasteiger partial charge in [0, 0.05) is 5.34 Å². The summed E-state index contributed by atoms with van der Waals surface area (Å²) in [5.41, 5.74) is -0.635. The lowest BCUT2D eigenvalue weighted by Crippen LogP contribution is -2.37. The van der Waals surface area contributed by atoms with Crippen LogP contribution in [0.3, 0.4) is 0 Å². The van der Waals surface area contributed by atoms with Gasteiger partial charge in [-0.3, -0.25) is 0 Å². The average molecular weight is 187 g/mol. The smallest absolute Gasteiger partial charge is 0.0992 e. The van der Waals surface area contributed by atoms with Crippen LogP contribution in [0.25, 0.3) is 0 Å². The van der Waals surface area contributed by atoms with Crippen LogP contribution < -0.4 is 0 Å². The molecule has 0 heterocycles. The lowest BCUT2D eigenvalue weighted by molar-refractivity contribution is -0.178. The summed E-state index contributed by atoms with van der Waals surface area (Å²) in [6, 6.07) is 0. The standard InChI is InChI=1S/C5H6ClF3N2/c1-3-4(10-7)5(2,6)11(8)9/h3H,1H2,2H3/b10-4+. The molecule has 0 aromatic heterocycles. The number of nitrogens with zero attached hydrogens (tertiary/aromatic N) is 2. The van der Waals surface area contributed by atoms with Crippen molar-refractivity contribution in [3.63, 3.8) is 0 Å². The third kappa shape index (κ3) is 2.20. The molecule has 0 bridgehead atoms. The zero-order chi connectivity index (χ0) is 9.07. The lowest BCUT2D eigenvalue weighted by atomic mass is 10.2. The molecule has 0 spiro atoms. The van der Waals surface area contributed by atoms with E-state index in [0.717, 1.165) is 13.0 Å². The SMILES string of the molecule is C=C/C(=N\F)C(C)(Cl)N(F)F. The quantitative estimate of drug-likeness (QED) is 0.286. The molecule has 0 fully saturated rings. The fourth-order valence-electron chi connectivity index (χ4n) is 0.385. The first kappa shape index (κ1) is 10.4. The largest absolute Gasteiger partial charge is 0.198 e. The minimum absolute atomic E-state index is 0.635. The highest BCUT2D eigenvalue weighted by Gasteiger charge is 2.36. The van der Waals surface area contributed by atoms with Crippen molar-refractivity contribution in [2.45, 2.75) is 11.9 Å². The van der Waals surface area contributed by atoms with Crippen molar-refractivity contribution in [1.29, 1.82) is 0 Å². The van der Waals surface area contributed by atoms with Crippen LogP contribution in [-0.4, -0.2) is 16.1 Å². The normalized spacial score (nSPS) is 18.2. The Kier molecular flexibility index (Phi) is 3.54. The molecule has 11 heavy (non-hydrogen) atoms. The Labute approximate surface area is 66.8 Å². The van der Waals surface area contributed by atoms with E-state index in [9.17, 15) is 13.4 Å². The Morgan fingerprint density at radius 3 is 2.27 bits per heavy atom. The molecule has 0 aliphatic carbocycles. The van der Waals surface area contributed by atoms with E-state index in [2.05, 4.69) is 6.58 Å². The molecule has 1 unspecified atom stereocenters. The summed E-state index contributed by atoms with van der Waals surface area (Å²) in [4.78, 5) is -2.25. The summed E-state index contributed by atoms with van der Waals surface area (Å²) in [6.07, 6.45) is 0.819. The van der Waals surface area contributed by atoms with Crippen molar-refractivity contribution in [3.05, 3.63) is 12.7 Å². The van der Waals surface area contributed by atoms with E-state index in [-0.39, 0.29) is 0 Å². The van der Waals surface area contributed by atoms with E-state index in [4.69, 9.17) is 11.6 Å². The van der Waals surface area contributed by atoms with Gasteiger partial charge in [-0.05, 0) is 13.0 Å². The van der Waals surface area contributed by atoms with Gasteiger partial charge < -0.3 is 0 Å². The van der Waals surface area contributed by atoms with E-state index in [1.807, 2.05) is 5.21 Å². The number of alkyl halides is 1. The molecular weight excluding hydrogens is 181 g/mol. The second-order valence-electron chi connectivity index (χ2n) is 1.86. The molecule has 2 nitrogen and oxygen atoms in total. The van der Waals surface area contributed by atoms with Crippen molar-refractivity contribution in [2.24, 2.45) is 5.21 Å². The molecule has 0 aliphatic heterocycles. The molecule has 0 amide bonds. The summed E-state index contributed by atoms with van der Waals surface area (Å²) in [5.74, 6) is 0. The number of halogens is 4. The van der Waals surface area contributed by atoms with Crippen LogP contribution in [0.4, 0.5) is 13.4 Å². The second-order valence-corrected chi connectivity index (χ2v) is 2.60. The van der Waals surface area contributed by atoms with Gasteiger partial charge >= 0.3 is 0 Å². The topological polar surface area (TPSA) is 15.6 Å². The van der Waals surface area contributed by atoms with Gasteiger partial charge in [0.2, 0.25) is 0 Å². The van der Waals surface area contributed by atoms with Crippen LogP contribution in [0.1, 0.15) is 6.92 Å². The fourth-order valence-corrected chi connectivity index (χ4v) is 0.494. The Balaban J connectivity index is 4.65. The zero-order valence-corrected chi connectivity index (χ0v) is 6.45. The van der Waals surface area contributed by atoms with E-state index >= 15 is 0 Å². The van der Waals surface area contributed by atoms with Gasteiger partial charge in [-0.2, -0.15) is 0 Å². The molecule has 0 N–H and O–H groups in total. The van der Waals surface area contributed by atoms with Crippen molar-refractivity contribution < 1.29 is 13.4 Å². The summed E-state index contributed by atoms with van der Waals surface area (Å²) >= 11 is 5.17. The van der Waals surface area contributed by atoms with Crippen molar-refractivity contribution in [1.82, 2.24) is 5.34 Å². The van der Waals surface area contributed by atoms with Crippen LogP contribution >= 0.6 is 11.6 Å². The zero-order valence-electron chi connectivity index (χ0n) is 5.69. The monoisotopic (exact) mass is 186 g/mol. The van der Waals surface area contributed by atoms with Gasteiger partial charge in [-0.25, -0.2) is 0 Å². The maximum atomic E-state index is 11.8. The third-order valence-electron chi connectivity index (χ3n) is 1.07. The molecule has 0 radical (unpaired) electrons. The van der Waals surface area contributed by atoms with Gasteiger partial charge in [0.1, 0.15) is 5.71 Å². The Bertz CT molecular complexity index is 179. The van der Waals surface area contributed by atoms with E-state index in [1.165, 1.54) is 0 Å². The first-order valence-electron chi connectivity index (χ1n) is 2.59. The highest BCUT2D eigenvalue weighted by atomic mass is 35.5. The summed E-state index contributed by atoms with van der Waals surface area (Å²) in [5, 5.41) is 0.692. The molecular formula is C5H6ClF3N2. The molecule has 0 aliphatic rings. The van der Waals surface area contributed by atoms with Crippen LogP contribution in [0.5, 0.6) is 0 Å². The Hall–Kier alpha value is -0.550. The van der Waals surface area contributed by atoms with E-state index in [1.54, 1.807) is 0 Å². The van der Waals surface area contributed by atoms with E-state index in [0.29, 0.717) is 0 Å². The van der Waals surface area contributed by atoms with Crippen molar-refractivity contribution in [3.8, 4) is 0 Å². The maximum absolute atomic E-state index is 11.8. The van der Waals surface area contributed by atoms with E-state index < -0.39 is 16.1 Å². The highest BCUT2D eigenvalue weighted by molar-refractivity contribution is 6.37. The second kappa shape index (κ2) is 3.73. The van der Waals surface area contributed by atoms with Crippen LogP contribution in [0.2, 0.25) is 0 Å². The highest BCUT2D eigenvalue weighted by Crippen LogP contribution is 2.24. The maximum Gasteiger partial charge on any atom is 0.198 e. The van der Waals surface area contributed by atoms with Crippen molar-refractivity contribution in [2.75, 3.05) is 0 Å². The molecule has 0 rings (SSSR count). The third-order valence-corrected chi connectivity index (χ3v) is 1.39. The predicted molar refractivity (Wildman–Crippen MR) is 37.1 cm³/mol. The van der Waals surface area contributed by atoms with Crippen LogP contribution in [0.15, 0.2) is 17.9 Å². The van der Waals surface area contributed by atoms with Gasteiger partial charge in [-0.1, -0.05) is 36.8 Å². The molecule has 64 valence electrons. The lowest BCUT2D eigenvalue weighted by Gasteiger charge is -2.19. The Morgan fingerprint density at radius 2 is 2.18 bits per heavy atom. The minimum Gasteiger partial charge on any atom is -0.0992 e. The number of hydrogen-bond donors (Lipinski definition) is 0. The average Bonchev–Trinajstić information content (AvgIpc) is 1.89. The fraction of sp³-hybridized carbons (Fsp3) is 0.400. The molecule has 0 aromatic rings. The molecule has 1 atom stereocenters. The first-order valence-corrected chi connectivity index (χ1v) is 2.97. The van der Waals surface area contributed by atoms with Crippen LogP contribution in [0, 0.1) is 0 Å². The number of hydrogen-bond acceptors (Lipinski definition) is 2. The predicted octanol–water partition coefficient (Wildman–Crippen LogP) is 2.52. The minimum atomic E-state index is -2.25. The number of rotatable bonds is 3. The molecule has 6 heteroatoms. The first-order chi connectivity index (χ1) is 4.96.